The largest absolute Gasteiger partial charge is 0.337 e. The van der Waals surface area contributed by atoms with Crippen molar-refractivity contribution in [2.75, 3.05) is 20.1 Å². The second kappa shape index (κ2) is 5.85. The minimum atomic E-state index is -0.461. The molecular weight excluding hydrogens is 272 g/mol. The van der Waals surface area contributed by atoms with Crippen LogP contribution in [0.3, 0.4) is 0 Å². The SMILES string of the molecule is CCn1cc([N+](=O)[O-])cc1C(=O)N1CCC(C)(NC)CC1. The fraction of sp³-hybridized carbons (Fsp3) is 0.643. The van der Waals surface area contributed by atoms with Crippen LogP contribution in [-0.2, 0) is 6.54 Å². The number of amides is 1. The lowest BCUT2D eigenvalue weighted by Gasteiger charge is -2.39. The van der Waals surface area contributed by atoms with Crippen molar-refractivity contribution >= 4 is 11.6 Å². The summed E-state index contributed by atoms with van der Waals surface area (Å²) in [4.78, 5) is 24.8. The molecule has 0 atom stereocenters. The van der Waals surface area contributed by atoms with Crippen molar-refractivity contribution in [3.63, 3.8) is 0 Å². The first-order valence-corrected chi connectivity index (χ1v) is 7.23. The minimum absolute atomic E-state index is 0.0303. The van der Waals surface area contributed by atoms with E-state index in [1.54, 1.807) is 9.47 Å². The van der Waals surface area contributed by atoms with E-state index in [4.69, 9.17) is 0 Å². The minimum Gasteiger partial charge on any atom is -0.337 e. The van der Waals surface area contributed by atoms with Gasteiger partial charge in [0.15, 0.2) is 0 Å². The van der Waals surface area contributed by atoms with Gasteiger partial charge in [-0.15, -0.1) is 0 Å². The molecule has 1 aliphatic heterocycles. The first-order chi connectivity index (χ1) is 9.90. The van der Waals surface area contributed by atoms with Crippen LogP contribution >= 0.6 is 0 Å². The Morgan fingerprint density at radius 1 is 1.48 bits per heavy atom. The van der Waals surface area contributed by atoms with E-state index in [0.29, 0.717) is 25.3 Å². The van der Waals surface area contributed by atoms with Gasteiger partial charge in [-0.05, 0) is 33.7 Å². The fourth-order valence-electron chi connectivity index (χ4n) is 2.65. The Morgan fingerprint density at radius 2 is 2.10 bits per heavy atom. The summed E-state index contributed by atoms with van der Waals surface area (Å²) < 4.78 is 1.65. The van der Waals surface area contributed by atoms with Crippen LogP contribution in [0.1, 0.15) is 37.2 Å². The quantitative estimate of drug-likeness (QED) is 0.676. The molecule has 7 nitrogen and oxygen atoms in total. The molecule has 1 fully saturated rings. The van der Waals surface area contributed by atoms with Crippen molar-refractivity contribution in [3.05, 3.63) is 28.1 Å². The molecule has 2 heterocycles. The van der Waals surface area contributed by atoms with Gasteiger partial charge in [0.25, 0.3) is 11.6 Å². The number of nitrogens with one attached hydrogen (secondary N) is 1. The molecule has 2 rings (SSSR count). The van der Waals surface area contributed by atoms with Crippen molar-refractivity contribution < 1.29 is 9.72 Å². The first-order valence-electron chi connectivity index (χ1n) is 7.23. The maximum absolute atomic E-state index is 12.6. The second-order valence-corrected chi connectivity index (χ2v) is 5.73. The van der Waals surface area contributed by atoms with E-state index in [0.717, 1.165) is 12.8 Å². The topological polar surface area (TPSA) is 80.4 Å². The summed E-state index contributed by atoms with van der Waals surface area (Å²) >= 11 is 0. The summed E-state index contributed by atoms with van der Waals surface area (Å²) in [6.45, 7) is 5.89. The number of hydrogen-bond donors (Lipinski definition) is 1. The third-order valence-electron chi connectivity index (χ3n) is 4.41. The molecule has 7 heteroatoms. The zero-order valence-electron chi connectivity index (χ0n) is 12.8. The lowest BCUT2D eigenvalue weighted by molar-refractivity contribution is -0.384. The highest BCUT2D eigenvalue weighted by atomic mass is 16.6. The Bertz CT molecular complexity index is 544. The predicted molar refractivity (Wildman–Crippen MR) is 79.4 cm³/mol. The third-order valence-corrected chi connectivity index (χ3v) is 4.41. The van der Waals surface area contributed by atoms with Gasteiger partial charge in [-0.25, -0.2) is 0 Å². The van der Waals surface area contributed by atoms with Crippen LogP contribution in [0, 0.1) is 10.1 Å². The predicted octanol–water partition coefficient (Wildman–Crippen LogP) is 1.63. The Hall–Kier alpha value is -1.89. The number of piperidine rings is 1. The highest BCUT2D eigenvalue weighted by Gasteiger charge is 2.32. The summed E-state index contributed by atoms with van der Waals surface area (Å²) in [6, 6.07) is 1.37. The smallest absolute Gasteiger partial charge is 0.287 e. The Balaban J connectivity index is 2.16. The molecule has 1 aromatic rings. The number of aryl methyl sites for hydroxylation is 1. The van der Waals surface area contributed by atoms with E-state index in [1.165, 1.54) is 12.3 Å². The van der Waals surface area contributed by atoms with Gasteiger partial charge < -0.3 is 14.8 Å². The van der Waals surface area contributed by atoms with Crippen LogP contribution in [0.4, 0.5) is 5.69 Å². The molecule has 0 radical (unpaired) electrons. The average molecular weight is 294 g/mol. The molecule has 1 aliphatic rings. The van der Waals surface area contributed by atoms with Crippen LogP contribution in [0.25, 0.3) is 0 Å². The first kappa shape index (κ1) is 15.5. The molecule has 1 aromatic heterocycles. The maximum Gasteiger partial charge on any atom is 0.287 e. The van der Waals surface area contributed by atoms with E-state index in [9.17, 15) is 14.9 Å². The van der Waals surface area contributed by atoms with Gasteiger partial charge in [-0.3, -0.25) is 14.9 Å². The summed E-state index contributed by atoms with van der Waals surface area (Å²) in [5.74, 6) is -0.122. The zero-order valence-corrected chi connectivity index (χ0v) is 12.8. The van der Waals surface area contributed by atoms with Crippen molar-refractivity contribution in [2.24, 2.45) is 0 Å². The number of carbonyl (C=O) groups is 1. The molecule has 0 aliphatic carbocycles. The van der Waals surface area contributed by atoms with Crippen molar-refractivity contribution in [2.45, 2.75) is 38.8 Å². The van der Waals surface area contributed by atoms with Gasteiger partial charge in [0.1, 0.15) is 5.69 Å². The zero-order chi connectivity index (χ0) is 15.6. The molecule has 0 unspecified atom stereocenters. The number of aromatic nitrogens is 1. The maximum atomic E-state index is 12.6. The number of likely N-dealkylation sites (tertiary alicyclic amines) is 1. The van der Waals surface area contributed by atoms with E-state index in [1.807, 2.05) is 14.0 Å². The Morgan fingerprint density at radius 3 is 2.57 bits per heavy atom. The molecule has 1 saturated heterocycles. The van der Waals surface area contributed by atoms with Crippen molar-refractivity contribution in [1.82, 2.24) is 14.8 Å². The van der Waals surface area contributed by atoms with Crippen LogP contribution in [0.5, 0.6) is 0 Å². The van der Waals surface area contributed by atoms with Crippen LogP contribution in [-0.4, -0.2) is 46.0 Å². The molecular formula is C14H22N4O3. The standard InChI is InChI=1S/C14H22N4O3/c1-4-16-10-11(18(20)21)9-12(16)13(19)17-7-5-14(2,15-3)6-8-17/h9-10,15H,4-8H2,1-3H3. The van der Waals surface area contributed by atoms with Crippen LogP contribution < -0.4 is 5.32 Å². The Labute approximate surface area is 124 Å². The van der Waals surface area contributed by atoms with Gasteiger partial charge in [-0.2, -0.15) is 0 Å². The molecule has 116 valence electrons. The Kier molecular flexibility index (Phi) is 4.32. The number of nitro groups is 1. The fourth-order valence-corrected chi connectivity index (χ4v) is 2.65. The highest BCUT2D eigenvalue weighted by molar-refractivity contribution is 5.93. The molecule has 21 heavy (non-hydrogen) atoms. The summed E-state index contributed by atoms with van der Waals surface area (Å²) in [5.41, 5.74) is 0.435. The van der Waals surface area contributed by atoms with E-state index >= 15 is 0 Å². The van der Waals surface area contributed by atoms with Gasteiger partial charge in [-0.1, -0.05) is 0 Å². The van der Waals surface area contributed by atoms with Crippen LogP contribution in [0.15, 0.2) is 12.3 Å². The van der Waals surface area contributed by atoms with Crippen molar-refractivity contribution in [1.29, 1.82) is 0 Å². The number of nitrogens with zero attached hydrogens (tertiary/aromatic N) is 3. The number of rotatable bonds is 4. The lowest BCUT2D eigenvalue weighted by Crippen LogP contribution is -2.51. The summed E-state index contributed by atoms with van der Waals surface area (Å²) in [6.07, 6.45) is 3.18. The number of hydrogen-bond acceptors (Lipinski definition) is 4. The van der Waals surface area contributed by atoms with Gasteiger partial charge in [0.2, 0.25) is 0 Å². The van der Waals surface area contributed by atoms with E-state index in [-0.39, 0.29) is 17.1 Å². The van der Waals surface area contributed by atoms with Gasteiger partial charge in [0, 0.05) is 31.2 Å². The van der Waals surface area contributed by atoms with Crippen LogP contribution in [0.2, 0.25) is 0 Å². The van der Waals surface area contributed by atoms with Gasteiger partial charge in [0.05, 0.1) is 11.1 Å². The summed E-state index contributed by atoms with van der Waals surface area (Å²) in [5, 5.41) is 14.2. The number of carbonyl (C=O) groups excluding carboxylic acids is 1. The molecule has 0 spiro atoms. The molecule has 0 aromatic carbocycles. The molecule has 0 bridgehead atoms. The monoisotopic (exact) mass is 294 g/mol. The van der Waals surface area contributed by atoms with Crippen molar-refractivity contribution in [3.8, 4) is 0 Å². The van der Waals surface area contributed by atoms with E-state index < -0.39 is 4.92 Å². The molecule has 1 N–H and O–H groups in total. The third kappa shape index (κ3) is 3.07. The average Bonchev–Trinajstić information content (AvgIpc) is 2.92. The normalized spacial score (nSPS) is 17.8. The highest BCUT2D eigenvalue weighted by Crippen LogP contribution is 2.24. The molecule has 1 amide bonds. The summed E-state index contributed by atoms with van der Waals surface area (Å²) in [7, 11) is 1.93. The molecule has 0 saturated carbocycles. The second-order valence-electron chi connectivity index (χ2n) is 5.73. The van der Waals surface area contributed by atoms with Gasteiger partial charge >= 0.3 is 0 Å². The van der Waals surface area contributed by atoms with E-state index in [2.05, 4.69) is 12.2 Å². The lowest BCUT2D eigenvalue weighted by atomic mass is 9.90.